The highest BCUT2D eigenvalue weighted by Gasteiger charge is 2.33. The number of nitrogens with zero attached hydrogens (tertiary/aromatic N) is 2. The fourth-order valence-electron chi connectivity index (χ4n) is 4.20. The van der Waals surface area contributed by atoms with Crippen molar-refractivity contribution in [3.8, 4) is 5.75 Å². The number of hydrogen-bond acceptors (Lipinski definition) is 6. The van der Waals surface area contributed by atoms with Crippen LogP contribution in [0.3, 0.4) is 0 Å². The minimum absolute atomic E-state index is 0.0288. The van der Waals surface area contributed by atoms with Crippen LogP contribution in [-0.2, 0) is 37.4 Å². The van der Waals surface area contributed by atoms with Crippen LogP contribution in [0.5, 0.6) is 5.75 Å². The van der Waals surface area contributed by atoms with Crippen molar-refractivity contribution in [2.75, 3.05) is 40.2 Å². The van der Waals surface area contributed by atoms with Crippen LogP contribution in [0.15, 0.2) is 84.9 Å². The summed E-state index contributed by atoms with van der Waals surface area (Å²) in [5.74, 6) is -0.209. The third-order valence-corrected chi connectivity index (χ3v) is 7.51. The molecule has 2 amide bonds. The lowest BCUT2D eigenvalue weighted by Crippen LogP contribution is -2.48. The summed E-state index contributed by atoms with van der Waals surface area (Å²) in [6.07, 6.45) is 1.68. The molecular formula is C30H37N3O6S. The van der Waals surface area contributed by atoms with Crippen LogP contribution in [0.25, 0.3) is 0 Å². The van der Waals surface area contributed by atoms with E-state index < -0.39 is 28.5 Å². The maximum absolute atomic E-state index is 14.0. The summed E-state index contributed by atoms with van der Waals surface area (Å²) in [6, 6.07) is 24.3. The highest BCUT2D eigenvalue weighted by atomic mass is 32.2. The molecule has 0 radical (unpaired) electrons. The Labute approximate surface area is 236 Å². The van der Waals surface area contributed by atoms with Crippen LogP contribution in [0.4, 0.5) is 0 Å². The summed E-state index contributed by atoms with van der Waals surface area (Å²) in [7, 11) is -0.594. The Hall–Kier alpha value is -3.73. The van der Waals surface area contributed by atoms with Crippen molar-refractivity contribution >= 4 is 21.8 Å². The first kappa shape index (κ1) is 30.8. The Kier molecular flexibility index (Phi) is 11.7. The fraction of sp³-hybridized carbons (Fsp3) is 0.333. The van der Waals surface area contributed by atoms with Gasteiger partial charge in [-0.05, 0) is 35.2 Å². The largest absolute Gasteiger partial charge is 0.497 e. The monoisotopic (exact) mass is 567 g/mol. The number of carbonyl (C=O) groups is 2. The van der Waals surface area contributed by atoms with E-state index in [0.29, 0.717) is 30.9 Å². The number of benzene rings is 3. The Balaban J connectivity index is 1.99. The summed E-state index contributed by atoms with van der Waals surface area (Å²) in [5.41, 5.74) is 2.12. The third kappa shape index (κ3) is 9.18. The molecule has 1 N–H and O–H groups in total. The van der Waals surface area contributed by atoms with Gasteiger partial charge in [-0.2, -0.15) is 4.31 Å². The molecule has 3 aromatic rings. The number of ether oxygens (including phenoxy) is 2. The van der Waals surface area contributed by atoms with Gasteiger partial charge in [0.05, 0.1) is 19.9 Å². The van der Waals surface area contributed by atoms with Crippen LogP contribution in [0.2, 0.25) is 0 Å². The van der Waals surface area contributed by atoms with E-state index in [1.165, 1.54) is 4.90 Å². The van der Waals surface area contributed by atoms with Gasteiger partial charge in [0.1, 0.15) is 11.8 Å². The van der Waals surface area contributed by atoms with Gasteiger partial charge < -0.3 is 19.7 Å². The summed E-state index contributed by atoms with van der Waals surface area (Å²) in [4.78, 5) is 29.1. The zero-order valence-corrected chi connectivity index (χ0v) is 24.0. The number of nitrogens with one attached hydrogen (secondary N) is 1. The van der Waals surface area contributed by atoms with Gasteiger partial charge in [0.2, 0.25) is 21.8 Å². The number of methoxy groups -OCH3 is 2. The Morgan fingerprint density at radius 3 is 2.02 bits per heavy atom. The number of amides is 2. The Morgan fingerprint density at radius 1 is 0.850 bits per heavy atom. The van der Waals surface area contributed by atoms with Gasteiger partial charge in [-0.3, -0.25) is 9.59 Å². The molecule has 9 nitrogen and oxygen atoms in total. The molecule has 40 heavy (non-hydrogen) atoms. The quantitative estimate of drug-likeness (QED) is 0.283. The lowest BCUT2D eigenvalue weighted by molar-refractivity contribution is -0.141. The van der Waals surface area contributed by atoms with Gasteiger partial charge in [0.15, 0.2) is 0 Å². The summed E-state index contributed by atoms with van der Waals surface area (Å²) >= 11 is 0. The van der Waals surface area contributed by atoms with E-state index >= 15 is 0 Å². The van der Waals surface area contributed by atoms with Gasteiger partial charge in [0, 0.05) is 33.4 Å². The fourth-order valence-corrected chi connectivity index (χ4v) is 4.93. The molecule has 10 heteroatoms. The van der Waals surface area contributed by atoms with Crippen LogP contribution in [0.1, 0.15) is 29.2 Å². The first-order chi connectivity index (χ1) is 19.2. The van der Waals surface area contributed by atoms with Crippen molar-refractivity contribution < 1.29 is 27.5 Å². The maximum atomic E-state index is 14.0. The number of carbonyl (C=O) groups excluding carboxylic acids is 2. The molecule has 0 heterocycles. The zero-order valence-electron chi connectivity index (χ0n) is 23.2. The topological polar surface area (TPSA) is 105 Å². The van der Waals surface area contributed by atoms with E-state index in [1.54, 1.807) is 62.8 Å². The minimum Gasteiger partial charge on any atom is -0.497 e. The molecule has 0 bridgehead atoms. The van der Waals surface area contributed by atoms with Gasteiger partial charge >= 0.3 is 0 Å². The molecule has 3 rings (SSSR count). The average Bonchev–Trinajstić information content (AvgIpc) is 2.95. The first-order valence-electron chi connectivity index (χ1n) is 13.0. The number of hydrogen-bond donors (Lipinski definition) is 1. The summed E-state index contributed by atoms with van der Waals surface area (Å²) in [6.45, 7) is 0.527. The second-order valence-corrected chi connectivity index (χ2v) is 11.3. The van der Waals surface area contributed by atoms with Crippen molar-refractivity contribution in [2.45, 2.75) is 25.6 Å². The average molecular weight is 568 g/mol. The lowest BCUT2D eigenvalue weighted by Gasteiger charge is -2.33. The normalized spacial score (nSPS) is 12.1. The van der Waals surface area contributed by atoms with E-state index in [2.05, 4.69) is 5.32 Å². The molecule has 1 unspecified atom stereocenters. The first-order valence-corrected chi connectivity index (χ1v) is 14.8. The molecule has 0 fully saturated rings. The number of rotatable bonds is 15. The van der Waals surface area contributed by atoms with Crippen LogP contribution in [-0.4, -0.2) is 69.6 Å². The smallest absolute Gasteiger partial charge is 0.247 e. The van der Waals surface area contributed by atoms with Crippen LogP contribution >= 0.6 is 0 Å². The summed E-state index contributed by atoms with van der Waals surface area (Å²) < 4.78 is 37.0. The predicted molar refractivity (Wildman–Crippen MR) is 154 cm³/mol. The molecule has 0 spiro atoms. The van der Waals surface area contributed by atoms with Crippen molar-refractivity contribution in [3.05, 3.63) is 102 Å². The van der Waals surface area contributed by atoms with E-state index in [9.17, 15) is 18.0 Å². The molecule has 1 atom stereocenters. The molecule has 0 aliphatic carbocycles. The van der Waals surface area contributed by atoms with Gasteiger partial charge in [-0.1, -0.05) is 72.8 Å². The zero-order chi connectivity index (χ0) is 29.0. The van der Waals surface area contributed by atoms with Crippen LogP contribution < -0.4 is 10.1 Å². The van der Waals surface area contributed by atoms with Gasteiger partial charge in [-0.15, -0.1) is 0 Å². The lowest BCUT2D eigenvalue weighted by atomic mass is 10.0. The third-order valence-electron chi connectivity index (χ3n) is 6.31. The van der Waals surface area contributed by atoms with E-state index in [1.807, 2.05) is 36.4 Å². The number of sulfonamides is 1. The molecule has 3 aromatic carbocycles. The molecule has 0 saturated carbocycles. The Morgan fingerprint density at radius 2 is 1.45 bits per heavy atom. The minimum atomic E-state index is -3.75. The van der Waals surface area contributed by atoms with E-state index in [4.69, 9.17) is 9.47 Å². The highest BCUT2D eigenvalue weighted by molar-refractivity contribution is 7.88. The predicted octanol–water partition coefficient (Wildman–Crippen LogP) is 3.38. The van der Waals surface area contributed by atoms with E-state index in [0.717, 1.165) is 21.7 Å². The standard InChI is InChI=1S/C30H37N3O6S/c1-38-20-10-19-31-30(35)29(26-13-8-5-9-14-26)33(22-25-15-17-27(39-2)18-16-25)28(34)23-32(40(3,36)37)21-24-11-6-4-7-12-24/h4-9,11-18,29H,10,19-23H2,1-3H3,(H,31,35). The van der Waals surface area contributed by atoms with Crippen molar-refractivity contribution in [1.82, 2.24) is 14.5 Å². The molecule has 0 aliphatic heterocycles. The van der Waals surface area contributed by atoms with Gasteiger partial charge in [-0.25, -0.2) is 8.42 Å². The Bertz CT molecular complexity index is 1320. The van der Waals surface area contributed by atoms with Crippen molar-refractivity contribution in [1.29, 1.82) is 0 Å². The van der Waals surface area contributed by atoms with Crippen molar-refractivity contribution in [2.24, 2.45) is 0 Å². The SMILES string of the molecule is COCCCNC(=O)C(c1ccccc1)N(Cc1ccc(OC)cc1)C(=O)CN(Cc1ccccc1)S(C)(=O)=O. The highest BCUT2D eigenvalue weighted by Crippen LogP contribution is 2.25. The molecule has 0 saturated heterocycles. The molecule has 214 valence electrons. The summed E-state index contributed by atoms with van der Waals surface area (Å²) in [5, 5.41) is 2.91. The maximum Gasteiger partial charge on any atom is 0.247 e. The van der Waals surface area contributed by atoms with Gasteiger partial charge in [0.25, 0.3) is 0 Å². The molecular weight excluding hydrogens is 530 g/mol. The second-order valence-electron chi connectivity index (χ2n) is 9.34. The van der Waals surface area contributed by atoms with E-state index in [-0.39, 0.29) is 19.0 Å². The van der Waals surface area contributed by atoms with Crippen molar-refractivity contribution in [3.63, 3.8) is 0 Å². The molecule has 0 aromatic heterocycles. The second kappa shape index (κ2) is 15.2. The molecule has 0 aliphatic rings. The van der Waals surface area contributed by atoms with Crippen LogP contribution in [0, 0.1) is 0 Å².